The van der Waals surface area contributed by atoms with Crippen LogP contribution >= 0.6 is 0 Å². The van der Waals surface area contributed by atoms with Gasteiger partial charge in [-0.25, -0.2) is 0 Å². The van der Waals surface area contributed by atoms with Gasteiger partial charge in [0.25, 0.3) is 0 Å². The van der Waals surface area contributed by atoms with E-state index in [4.69, 9.17) is 17.2 Å². The number of nitrogens with two attached hydrogens (primary N) is 3. The highest BCUT2D eigenvalue weighted by Crippen LogP contribution is 2.19. The number of carbonyl (C=O) groups is 5. The van der Waals surface area contributed by atoms with Gasteiger partial charge in [-0.05, 0) is 77.0 Å². The highest BCUT2D eigenvalue weighted by molar-refractivity contribution is 5.96. The molecule has 0 radical (unpaired) electrons. The second kappa shape index (κ2) is 21.3. The molecule has 5 amide bonds. The van der Waals surface area contributed by atoms with Crippen molar-refractivity contribution >= 4 is 51.1 Å². The summed E-state index contributed by atoms with van der Waals surface area (Å²) < 4.78 is 0. The highest BCUT2D eigenvalue weighted by atomic mass is 16.2. The summed E-state index contributed by atoms with van der Waals surface area (Å²) in [4.78, 5) is 68.1. The van der Waals surface area contributed by atoms with Crippen LogP contribution in [0.25, 0.3) is 21.5 Å². The van der Waals surface area contributed by atoms with Gasteiger partial charge in [-0.1, -0.05) is 115 Å². The molecule has 0 aromatic heterocycles. The Hall–Kier alpha value is -6.11. The standard InChI is InChI=1S/C45H53N7O5/c46-23-9-8-17-37(42(48)54)50-44(56)39(27-30-11-2-1-3-12-30)51-45(57)40(29-32-20-22-34-14-5-7-16-36(34)26-32)52-43(55)38(49-41(53)18-10-24-47)28-31-19-21-33-13-4-6-15-35(33)25-31/h1-7,11-16,19-22,25-26,37-40H,8-10,17-18,23-24,27-29,46-47H2,(H2,48,54)(H,49,53)(H,50,56)(H,51,57)(H,52,55)/t37-,38+,39?,40?/m0/s1. The third-order valence-electron chi connectivity index (χ3n) is 9.92. The summed E-state index contributed by atoms with van der Waals surface area (Å²) in [7, 11) is 0. The topological polar surface area (TPSA) is 212 Å². The Morgan fingerprint density at radius 2 is 0.895 bits per heavy atom. The van der Waals surface area contributed by atoms with E-state index in [1.807, 2.05) is 115 Å². The van der Waals surface area contributed by atoms with Crippen LogP contribution in [0, 0.1) is 0 Å². The number of benzene rings is 5. The molecule has 0 fully saturated rings. The van der Waals surface area contributed by atoms with Crippen molar-refractivity contribution in [1.29, 1.82) is 0 Å². The smallest absolute Gasteiger partial charge is 0.243 e. The van der Waals surface area contributed by atoms with E-state index in [2.05, 4.69) is 21.3 Å². The first-order valence-electron chi connectivity index (χ1n) is 19.5. The molecule has 0 saturated heterocycles. The fourth-order valence-electron chi connectivity index (χ4n) is 6.80. The van der Waals surface area contributed by atoms with Crippen molar-refractivity contribution in [3.05, 3.63) is 132 Å². The Morgan fingerprint density at radius 3 is 1.39 bits per heavy atom. The first-order chi connectivity index (χ1) is 27.6. The third kappa shape index (κ3) is 12.7. The monoisotopic (exact) mass is 771 g/mol. The third-order valence-corrected chi connectivity index (χ3v) is 9.92. The van der Waals surface area contributed by atoms with Gasteiger partial charge in [0.05, 0.1) is 0 Å². The van der Waals surface area contributed by atoms with E-state index in [0.717, 1.165) is 38.2 Å². The lowest BCUT2D eigenvalue weighted by atomic mass is 9.98. The van der Waals surface area contributed by atoms with Gasteiger partial charge in [0, 0.05) is 25.7 Å². The van der Waals surface area contributed by atoms with E-state index in [0.29, 0.717) is 38.8 Å². The number of amides is 5. The lowest BCUT2D eigenvalue weighted by Crippen LogP contribution is -2.59. The molecule has 57 heavy (non-hydrogen) atoms. The minimum absolute atomic E-state index is 0.0783. The van der Waals surface area contributed by atoms with Crippen LogP contribution in [0.2, 0.25) is 0 Å². The van der Waals surface area contributed by atoms with Gasteiger partial charge < -0.3 is 38.5 Å². The first-order valence-corrected chi connectivity index (χ1v) is 19.5. The highest BCUT2D eigenvalue weighted by Gasteiger charge is 2.31. The van der Waals surface area contributed by atoms with E-state index in [-0.39, 0.29) is 31.6 Å². The van der Waals surface area contributed by atoms with Crippen molar-refractivity contribution in [2.45, 2.75) is 75.5 Å². The largest absolute Gasteiger partial charge is 0.368 e. The molecular formula is C45H53N7O5. The van der Waals surface area contributed by atoms with Gasteiger partial charge in [-0.2, -0.15) is 0 Å². The lowest BCUT2D eigenvalue weighted by molar-refractivity contribution is -0.134. The van der Waals surface area contributed by atoms with E-state index in [1.54, 1.807) is 0 Å². The maximum absolute atomic E-state index is 14.5. The number of nitrogens with one attached hydrogen (secondary N) is 4. The number of carbonyl (C=O) groups excluding carboxylic acids is 5. The maximum atomic E-state index is 14.5. The van der Waals surface area contributed by atoms with Crippen LogP contribution < -0.4 is 38.5 Å². The number of hydrogen-bond donors (Lipinski definition) is 7. The summed E-state index contributed by atoms with van der Waals surface area (Å²) in [5.41, 5.74) is 19.3. The van der Waals surface area contributed by atoms with Gasteiger partial charge >= 0.3 is 0 Å². The molecule has 12 heteroatoms. The molecule has 0 spiro atoms. The van der Waals surface area contributed by atoms with Crippen molar-refractivity contribution in [2.75, 3.05) is 13.1 Å². The van der Waals surface area contributed by atoms with Crippen LogP contribution in [-0.2, 0) is 43.2 Å². The molecule has 0 aliphatic heterocycles. The zero-order chi connectivity index (χ0) is 40.6. The van der Waals surface area contributed by atoms with Crippen molar-refractivity contribution in [3.63, 3.8) is 0 Å². The predicted octanol–water partition coefficient (Wildman–Crippen LogP) is 3.31. The molecule has 0 saturated carbocycles. The van der Waals surface area contributed by atoms with Gasteiger partial charge in [0.1, 0.15) is 24.2 Å². The molecule has 5 rings (SSSR count). The second-order valence-corrected chi connectivity index (χ2v) is 14.3. The second-order valence-electron chi connectivity index (χ2n) is 14.3. The van der Waals surface area contributed by atoms with E-state index >= 15 is 0 Å². The summed E-state index contributed by atoms with van der Waals surface area (Å²) in [5.74, 6) is -2.82. The summed E-state index contributed by atoms with van der Waals surface area (Å²) in [6, 6.07) is 32.2. The van der Waals surface area contributed by atoms with Crippen LogP contribution in [0.15, 0.2) is 115 Å². The minimum Gasteiger partial charge on any atom is -0.368 e. The Balaban J connectivity index is 1.45. The molecule has 0 aliphatic rings. The molecule has 2 unspecified atom stereocenters. The van der Waals surface area contributed by atoms with Crippen LogP contribution in [0.5, 0.6) is 0 Å². The van der Waals surface area contributed by atoms with Gasteiger partial charge in [-0.15, -0.1) is 0 Å². The van der Waals surface area contributed by atoms with Gasteiger partial charge in [0.2, 0.25) is 29.5 Å². The van der Waals surface area contributed by atoms with Crippen molar-refractivity contribution in [1.82, 2.24) is 21.3 Å². The SMILES string of the molecule is NCCCC[C@H](NC(=O)C(Cc1ccccc1)NC(=O)C(Cc1ccc2ccccc2c1)NC(=O)[C@@H](Cc1ccc2ccccc2c1)NC(=O)CCCN)C(N)=O. The van der Waals surface area contributed by atoms with Crippen molar-refractivity contribution in [2.24, 2.45) is 17.2 Å². The fraction of sp³-hybridized carbons (Fsp3) is 0.311. The van der Waals surface area contributed by atoms with Crippen LogP contribution in [-0.4, -0.2) is 66.8 Å². The van der Waals surface area contributed by atoms with Crippen LogP contribution in [0.3, 0.4) is 0 Å². The molecule has 5 aromatic carbocycles. The summed E-state index contributed by atoms with van der Waals surface area (Å²) in [5, 5.41) is 15.4. The molecular weight excluding hydrogens is 719 g/mol. The van der Waals surface area contributed by atoms with E-state index < -0.39 is 47.8 Å². The zero-order valence-corrected chi connectivity index (χ0v) is 32.1. The molecule has 4 atom stereocenters. The number of unbranched alkanes of at least 4 members (excludes halogenated alkanes) is 1. The minimum atomic E-state index is -1.17. The quantitative estimate of drug-likeness (QED) is 0.0553. The number of primary amides is 1. The molecule has 0 aliphatic carbocycles. The molecule has 5 aromatic rings. The van der Waals surface area contributed by atoms with Gasteiger partial charge in [-0.3, -0.25) is 24.0 Å². The number of hydrogen-bond acceptors (Lipinski definition) is 7. The average molecular weight is 772 g/mol. The van der Waals surface area contributed by atoms with E-state index in [9.17, 15) is 24.0 Å². The molecule has 0 heterocycles. The first kappa shape index (κ1) is 42.0. The summed E-state index contributed by atoms with van der Waals surface area (Å²) in [6.07, 6.45) is 2.43. The van der Waals surface area contributed by atoms with E-state index in [1.165, 1.54) is 0 Å². The molecule has 298 valence electrons. The molecule has 0 bridgehead atoms. The van der Waals surface area contributed by atoms with Crippen molar-refractivity contribution < 1.29 is 24.0 Å². The van der Waals surface area contributed by atoms with Gasteiger partial charge in [0.15, 0.2) is 0 Å². The van der Waals surface area contributed by atoms with Crippen LogP contribution in [0.1, 0.15) is 48.8 Å². The normalized spacial score (nSPS) is 13.2. The maximum Gasteiger partial charge on any atom is 0.243 e. The summed E-state index contributed by atoms with van der Waals surface area (Å²) >= 11 is 0. The summed E-state index contributed by atoms with van der Waals surface area (Å²) in [6.45, 7) is 0.742. The average Bonchev–Trinajstić information content (AvgIpc) is 3.22. The molecule has 12 nitrogen and oxygen atoms in total. The predicted molar refractivity (Wildman–Crippen MR) is 224 cm³/mol. The van der Waals surface area contributed by atoms with Crippen LogP contribution in [0.4, 0.5) is 0 Å². The molecule has 10 N–H and O–H groups in total. The number of rotatable bonds is 21. The fourth-order valence-corrected chi connectivity index (χ4v) is 6.80. The Labute approximate surface area is 333 Å². The Bertz CT molecular complexity index is 2140. The zero-order valence-electron chi connectivity index (χ0n) is 32.1. The number of fused-ring (bicyclic) bond motifs is 2. The Morgan fingerprint density at radius 1 is 0.456 bits per heavy atom. The lowest BCUT2D eigenvalue weighted by Gasteiger charge is -2.27. The Kier molecular flexibility index (Phi) is 15.7. The van der Waals surface area contributed by atoms with Crippen molar-refractivity contribution in [3.8, 4) is 0 Å².